The molecule has 0 aromatic rings. The van der Waals surface area contributed by atoms with E-state index in [9.17, 15) is 9.90 Å². The smallest absolute Gasteiger partial charge is 0.407 e. The Balaban J connectivity index is 4.90. The highest BCUT2D eigenvalue weighted by Crippen LogP contribution is 2.27. The second kappa shape index (κ2) is 7.11. The highest BCUT2D eigenvalue weighted by Gasteiger charge is 2.34. The summed E-state index contributed by atoms with van der Waals surface area (Å²) in [5.41, 5.74) is -1.03. The molecule has 0 rings (SSSR count). The predicted molar refractivity (Wildman–Crippen MR) is 82.6 cm³/mol. The molecule has 0 spiro atoms. The van der Waals surface area contributed by atoms with Gasteiger partial charge in [0, 0.05) is 5.41 Å². The highest BCUT2D eigenvalue weighted by molar-refractivity contribution is 5.68. The van der Waals surface area contributed by atoms with Crippen LogP contribution in [-0.2, 0) is 4.74 Å². The van der Waals surface area contributed by atoms with Crippen LogP contribution in [0, 0.1) is 11.3 Å². The average Bonchev–Trinajstić information content (AvgIpc) is 2.23. The number of amides is 1. The summed E-state index contributed by atoms with van der Waals surface area (Å²) in [5, 5.41) is 13.3. The lowest BCUT2D eigenvalue weighted by Gasteiger charge is -2.35. The first-order valence-electron chi connectivity index (χ1n) is 7.20. The molecule has 118 valence electrons. The van der Waals surface area contributed by atoms with E-state index in [1.54, 1.807) is 6.08 Å². The van der Waals surface area contributed by atoms with Crippen LogP contribution < -0.4 is 5.32 Å². The van der Waals surface area contributed by atoms with Crippen molar-refractivity contribution >= 4 is 6.09 Å². The van der Waals surface area contributed by atoms with Crippen molar-refractivity contribution in [3.8, 4) is 0 Å². The number of carbonyl (C=O) groups excluding carboxylic acids is 1. The van der Waals surface area contributed by atoms with Crippen molar-refractivity contribution in [1.29, 1.82) is 0 Å². The van der Waals surface area contributed by atoms with Gasteiger partial charge in [0.15, 0.2) is 0 Å². The lowest BCUT2D eigenvalue weighted by Crippen LogP contribution is -2.50. The topological polar surface area (TPSA) is 58.6 Å². The molecule has 2 atom stereocenters. The summed E-state index contributed by atoms with van der Waals surface area (Å²) >= 11 is 0. The second-order valence-electron chi connectivity index (χ2n) is 7.35. The molecule has 0 bridgehead atoms. The zero-order chi connectivity index (χ0) is 16.1. The third-order valence-corrected chi connectivity index (χ3v) is 3.10. The molecule has 1 amide bonds. The normalized spacial score (nSPS) is 15.7. The van der Waals surface area contributed by atoms with Crippen molar-refractivity contribution in [3.05, 3.63) is 12.7 Å². The molecule has 2 N–H and O–H groups in total. The van der Waals surface area contributed by atoms with Gasteiger partial charge in [0.25, 0.3) is 0 Å². The molecule has 0 aliphatic rings. The van der Waals surface area contributed by atoms with Crippen molar-refractivity contribution in [1.82, 2.24) is 5.32 Å². The van der Waals surface area contributed by atoms with E-state index < -0.39 is 23.2 Å². The van der Waals surface area contributed by atoms with E-state index in [2.05, 4.69) is 25.7 Å². The molecule has 0 saturated carbocycles. The second-order valence-corrected chi connectivity index (χ2v) is 7.35. The van der Waals surface area contributed by atoms with Crippen LogP contribution in [0.1, 0.15) is 54.9 Å². The summed E-state index contributed by atoms with van der Waals surface area (Å²) in [4.78, 5) is 11.9. The molecule has 4 heteroatoms. The fourth-order valence-corrected chi connectivity index (χ4v) is 1.87. The molecule has 0 aliphatic carbocycles. The van der Waals surface area contributed by atoms with Crippen LogP contribution in [0.4, 0.5) is 4.79 Å². The molecule has 0 radical (unpaired) electrons. The maximum absolute atomic E-state index is 11.9. The molecule has 0 aromatic carbocycles. The number of nitrogens with one attached hydrogen (secondary N) is 1. The Morgan fingerprint density at radius 2 is 1.80 bits per heavy atom. The number of aliphatic hydroxyl groups excluding tert-OH is 1. The zero-order valence-electron chi connectivity index (χ0n) is 14.0. The SMILES string of the molecule is C=CC(C)(C)C(O)C(CC(C)C)NC(=O)OC(C)(C)C. The highest BCUT2D eigenvalue weighted by atomic mass is 16.6. The lowest BCUT2D eigenvalue weighted by atomic mass is 9.80. The quantitative estimate of drug-likeness (QED) is 0.734. The maximum Gasteiger partial charge on any atom is 0.407 e. The Morgan fingerprint density at radius 1 is 1.30 bits per heavy atom. The van der Waals surface area contributed by atoms with Gasteiger partial charge in [0.1, 0.15) is 5.60 Å². The fraction of sp³-hybridized carbons (Fsp3) is 0.812. The molecule has 0 fully saturated rings. The van der Waals surface area contributed by atoms with Gasteiger partial charge in [0.2, 0.25) is 0 Å². The number of ether oxygens (including phenoxy) is 1. The molecular formula is C16H31NO3. The lowest BCUT2D eigenvalue weighted by molar-refractivity contribution is 0.0188. The minimum Gasteiger partial charge on any atom is -0.444 e. The molecule has 0 aromatic heterocycles. The summed E-state index contributed by atoms with van der Waals surface area (Å²) in [6.07, 6.45) is 1.18. The summed E-state index contributed by atoms with van der Waals surface area (Å²) < 4.78 is 5.26. The summed E-state index contributed by atoms with van der Waals surface area (Å²) in [6, 6.07) is -0.363. The van der Waals surface area contributed by atoms with Gasteiger partial charge in [-0.25, -0.2) is 4.79 Å². The average molecular weight is 285 g/mol. The van der Waals surface area contributed by atoms with Crippen molar-refractivity contribution in [2.24, 2.45) is 11.3 Å². The van der Waals surface area contributed by atoms with E-state index in [1.165, 1.54) is 0 Å². The van der Waals surface area contributed by atoms with Crippen LogP contribution >= 0.6 is 0 Å². The van der Waals surface area contributed by atoms with Gasteiger partial charge >= 0.3 is 6.09 Å². The number of hydrogen-bond acceptors (Lipinski definition) is 3. The van der Waals surface area contributed by atoms with E-state index in [4.69, 9.17) is 4.74 Å². The van der Waals surface area contributed by atoms with Crippen molar-refractivity contribution < 1.29 is 14.6 Å². The summed E-state index contributed by atoms with van der Waals surface area (Å²) in [5.74, 6) is 0.352. The summed E-state index contributed by atoms with van der Waals surface area (Å²) in [7, 11) is 0. The first-order valence-corrected chi connectivity index (χ1v) is 7.20. The largest absolute Gasteiger partial charge is 0.444 e. The number of alkyl carbamates (subject to hydrolysis) is 1. The number of aliphatic hydroxyl groups is 1. The van der Waals surface area contributed by atoms with Crippen LogP contribution in [0.2, 0.25) is 0 Å². The first-order chi connectivity index (χ1) is 8.89. The van der Waals surface area contributed by atoms with Gasteiger partial charge in [-0.2, -0.15) is 0 Å². The molecule has 4 nitrogen and oxygen atoms in total. The number of carbonyl (C=O) groups is 1. The Morgan fingerprint density at radius 3 is 2.15 bits per heavy atom. The van der Waals surface area contributed by atoms with E-state index in [0.717, 1.165) is 0 Å². The van der Waals surface area contributed by atoms with E-state index in [1.807, 2.05) is 34.6 Å². The predicted octanol–water partition coefficient (Wildman–Crippen LogP) is 3.50. The van der Waals surface area contributed by atoms with Crippen molar-refractivity contribution in [3.63, 3.8) is 0 Å². The van der Waals surface area contributed by atoms with Gasteiger partial charge in [-0.1, -0.05) is 33.8 Å². The molecule has 0 saturated heterocycles. The van der Waals surface area contributed by atoms with E-state index in [-0.39, 0.29) is 6.04 Å². The third kappa shape index (κ3) is 6.94. The molecule has 2 unspecified atom stereocenters. The van der Waals surface area contributed by atoms with Crippen LogP contribution in [0.15, 0.2) is 12.7 Å². The fourth-order valence-electron chi connectivity index (χ4n) is 1.87. The first kappa shape index (κ1) is 19.0. The number of rotatable bonds is 6. The Kier molecular flexibility index (Phi) is 6.75. The van der Waals surface area contributed by atoms with Gasteiger partial charge in [0.05, 0.1) is 12.1 Å². The standard InChI is InChI=1S/C16H31NO3/c1-9-16(7,8)13(18)12(10-11(2)3)17-14(19)20-15(4,5)6/h9,11-13,18H,1,10H2,2-8H3,(H,17,19). The Bertz CT molecular complexity index is 329. The van der Waals surface area contributed by atoms with Crippen LogP contribution in [0.3, 0.4) is 0 Å². The molecular weight excluding hydrogens is 254 g/mol. The Hall–Kier alpha value is -1.03. The van der Waals surface area contributed by atoms with Gasteiger partial charge < -0.3 is 15.2 Å². The minimum atomic E-state index is -0.713. The van der Waals surface area contributed by atoms with Gasteiger partial charge in [-0.3, -0.25) is 0 Å². The molecule has 0 aliphatic heterocycles. The van der Waals surface area contributed by atoms with E-state index in [0.29, 0.717) is 12.3 Å². The van der Waals surface area contributed by atoms with E-state index >= 15 is 0 Å². The van der Waals surface area contributed by atoms with Crippen molar-refractivity contribution in [2.45, 2.75) is 72.6 Å². The Labute approximate surface area is 123 Å². The molecule has 0 heterocycles. The van der Waals surface area contributed by atoms with Crippen LogP contribution in [0.5, 0.6) is 0 Å². The van der Waals surface area contributed by atoms with Crippen molar-refractivity contribution in [2.75, 3.05) is 0 Å². The van der Waals surface area contributed by atoms with Gasteiger partial charge in [-0.15, -0.1) is 6.58 Å². The number of hydrogen-bond donors (Lipinski definition) is 2. The zero-order valence-corrected chi connectivity index (χ0v) is 14.0. The maximum atomic E-state index is 11.9. The van der Waals surface area contributed by atoms with Crippen LogP contribution in [0.25, 0.3) is 0 Å². The summed E-state index contributed by atoms with van der Waals surface area (Å²) in [6.45, 7) is 17.1. The minimum absolute atomic E-state index is 0.352. The monoisotopic (exact) mass is 285 g/mol. The third-order valence-electron chi connectivity index (χ3n) is 3.10. The molecule has 20 heavy (non-hydrogen) atoms. The van der Waals surface area contributed by atoms with Gasteiger partial charge in [-0.05, 0) is 33.1 Å². The van der Waals surface area contributed by atoms with Crippen LogP contribution in [-0.4, -0.2) is 28.9 Å².